The number of aryl methyl sites for hydroxylation is 1. The molecule has 1 aliphatic heterocycles. The van der Waals surface area contributed by atoms with Crippen molar-refractivity contribution in [1.29, 1.82) is 0 Å². The second kappa shape index (κ2) is 7.15. The number of methoxy groups -OCH3 is 1. The van der Waals surface area contributed by atoms with Crippen LogP contribution in [0.4, 0.5) is 11.4 Å². The first kappa shape index (κ1) is 17.3. The van der Waals surface area contributed by atoms with E-state index in [9.17, 15) is 9.59 Å². The van der Waals surface area contributed by atoms with E-state index in [0.29, 0.717) is 23.0 Å². The number of halogens is 1. The van der Waals surface area contributed by atoms with Crippen LogP contribution in [-0.4, -0.2) is 25.5 Å². The molecule has 2 aromatic rings. The van der Waals surface area contributed by atoms with Gasteiger partial charge in [0.15, 0.2) is 0 Å². The number of nitrogens with zero attached hydrogens (tertiary/aromatic N) is 1. The standard InChI is InChI=1S/C19H19ClN2O3/c1-12-4-3-5-15(8-12)22-11-13(9-18(22)23)19(24)21-16-10-14(20)6-7-17(16)25-2/h3-8,10,13H,9,11H2,1-2H3,(H,21,24)/t13-/m1/s1. The van der Waals surface area contributed by atoms with Crippen molar-refractivity contribution < 1.29 is 14.3 Å². The lowest BCUT2D eigenvalue weighted by atomic mass is 10.1. The van der Waals surface area contributed by atoms with Gasteiger partial charge >= 0.3 is 0 Å². The average Bonchev–Trinajstić information content (AvgIpc) is 2.97. The number of hydrogen-bond acceptors (Lipinski definition) is 3. The van der Waals surface area contributed by atoms with E-state index in [1.165, 1.54) is 7.11 Å². The van der Waals surface area contributed by atoms with Crippen LogP contribution in [0.3, 0.4) is 0 Å². The van der Waals surface area contributed by atoms with Crippen molar-refractivity contribution in [3.8, 4) is 5.75 Å². The van der Waals surface area contributed by atoms with Gasteiger partial charge in [-0.3, -0.25) is 9.59 Å². The smallest absolute Gasteiger partial charge is 0.229 e. The van der Waals surface area contributed by atoms with Crippen LogP contribution in [0.15, 0.2) is 42.5 Å². The van der Waals surface area contributed by atoms with Crippen molar-refractivity contribution in [1.82, 2.24) is 0 Å². The predicted molar refractivity (Wildman–Crippen MR) is 98.3 cm³/mol. The molecule has 1 fully saturated rings. The molecule has 0 unspecified atom stereocenters. The summed E-state index contributed by atoms with van der Waals surface area (Å²) in [5, 5.41) is 3.32. The Morgan fingerprint density at radius 3 is 2.80 bits per heavy atom. The molecule has 2 amide bonds. The third-order valence-electron chi connectivity index (χ3n) is 4.23. The van der Waals surface area contributed by atoms with Gasteiger partial charge in [-0.2, -0.15) is 0 Å². The Hall–Kier alpha value is -2.53. The molecule has 0 aliphatic carbocycles. The Labute approximate surface area is 151 Å². The molecule has 2 aromatic carbocycles. The minimum atomic E-state index is -0.420. The van der Waals surface area contributed by atoms with Crippen LogP contribution in [0, 0.1) is 12.8 Å². The summed E-state index contributed by atoms with van der Waals surface area (Å²) in [7, 11) is 1.53. The maximum absolute atomic E-state index is 12.6. The minimum absolute atomic E-state index is 0.0520. The number of benzene rings is 2. The van der Waals surface area contributed by atoms with E-state index in [0.717, 1.165) is 11.3 Å². The molecular formula is C19H19ClN2O3. The number of rotatable bonds is 4. The van der Waals surface area contributed by atoms with Gasteiger partial charge in [0, 0.05) is 23.7 Å². The summed E-state index contributed by atoms with van der Waals surface area (Å²) in [4.78, 5) is 26.6. The molecule has 25 heavy (non-hydrogen) atoms. The van der Waals surface area contributed by atoms with E-state index in [1.54, 1.807) is 23.1 Å². The molecular weight excluding hydrogens is 340 g/mol. The van der Waals surface area contributed by atoms with Gasteiger partial charge in [-0.25, -0.2) is 0 Å². The summed E-state index contributed by atoms with van der Waals surface area (Å²) < 4.78 is 5.24. The first-order chi connectivity index (χ1) is 12.0. The lowest BCUT2D eigenvalue weighted by Gasteiger charge is -2.17. The van der Waals surface area contributed by atoms with E-state index in [-0.39, 0.29) is 18.2 Å². The van der Waals surface area contributed by atoms with Crippen LogP contribution in [-0.2, 0) is 9.59 Å². The van der Waals surface area contributed by atoms with Gasteiger partial charge in [-0.15, -0.1) is 0 Å². The van der Waals surface area contributed by atoms with Crippen LogP contribution in [0.2, 0.25) is 5.02 Å². The predicted octanol–water partition coefficient (Wildman–Crippen LogP) is 3.65. The lowest BCUT2D eigenvalue weighted by molar-refractivity contribution is -0.122. The number of amides is 2. The second-order valence-electron chi connectivity index (χ2n) is 6.08. The summed E-state index contributed by atoms with van der Waals surface area (Å²) in [6.45, 7) is 2.33. The molecule has 1 N–H and O–H groups in total. The maximum Gasteiger partial charge on any atom is 0.229 e. The maximum atomic E-state index is 12.6. The number of nitrogens with one attached hydrogen (secondary N) is 1. The highest BCUT2D eigenvalue weighted by Crippen LogP contribution is 2.30. The molecule has 0 spiro atoms. The molecule has 0 saturated carbocycles. The van der Waals surface area contributed by atoms with Crippen molar-refractivity contribution in [2.75, 3.05) is 23.9 Å². The van der Waals surface area contributed by atoms with Crippen LogP contribution < -0.4 is 15.0 Å². The molecule has 1 heterocycles. The van der Waals surface area contributed by atoms with Gasteiger partial charge in [0.25, 0.3) is 0 Å². The number of hydrogen-bond donors (Lipinski definition) is 1. The third kappa shape index (κ3) is 3.77. The first-order valence-corrected chi connectivity index (χ1v) is 8.37. The highest BCUT2D eigenvalue weighted by molar-refractivity contribution is 6.31. The van der Waals surface area contributed by atoms with Gasteiger partial charge in [-0.05, 0) is 42.8 Å². The largest absolute Gasteiger partial charge is 0.495 e. The SMILES string of the molecule is COc1ccc(Cl)cc1NC(=O)[C@@H]1CC(=O)N(c2cccc(C)c2)C1. The number of carbonyl (C=O) groups excluding carboxylic acids is 2. The van der Waals surface area contributed by atoms with Crippen molar-refractivity contribution in [3.05, 3.63) is 53.1 Å². The molecule has 0 aromatic heterocycles. The zero-order valence-corrected chi connectivity index (χ0v) is 14.8. The van der Waals surface area contributed by atoms with E-state index in [4.69, 9.17) is 16.3 Å². The van der Waals surface area contributed by atoms with Gasteiger partial charge in [0.2, 0.25) is 11.8 Å². The van der Waals surface area contributed by atoms with Gasteiger partial charge in [0.1, 0.15) is 5.75 Å². The molecule has 5 nitrogen and oxygen atoms in total. The highest BCUT2D eigenvalue weighted by atomic mass is 35.5. The van der Waals surface area contributed by atoms with Crippen molar-refractivity contribution in [2.24, 2.45) is 5.92 Å². The topological polar surface area (TPSA) is 58.6 Å². The molecule has 0 radical (unpaired) electrons. The average molecular weight is 359 g/mol. The molecule has 3 rings (SSSR count). The van der Waals surface area contributed by atoms with Crippen LogP contribution >= 0.6 is 11.6 Å². The quantitative estimate of drug-likeness (QED) is 0.907. The number of anilines is 2. The molecule has 1 aliphatic rings. The van der Waals surface area contributed by atoms with E-state index in [2.05, 4.69) is 5.32 Å². The van der Waals surface area contributed by atoms with Crippen molar-refractivity contribution >= 4 is 34.8 Å². The van der Waals surface area contributed by atoms with Crippen LogP contribution in [0.1, 0.15) is 12.0 Å². The molecule has 1 atom stereocenters. The third-order valence-corrected chi connectivity index (χ3v) is 4.46. The normalized spacial score (nSPS) is 16.8. The molecule has 6 heteroatoms. The Bertz CT molecular complexity index is 822. The van der Waals surface area contributed by atoms with E-state index >= 15 is 0 Å². The number of carbonyl (C=O) groups is 2. The summed E-state index contributed by atoms with van der Waals surface area (Å²) in [5.41, 5.74) is 2.39. The Kier molecular flexibility index (Phi) is 4.95. The summed E-state index contributed by atoms with van der Waals surface area (Å²) in [5.74, 6) is -0.165. The van der Waals surface area contributed by atoms with Crippen molar-refractivity contribution in [2.45, 2.75) is 13.3 Å². The van der Waals surface area contributed by atoms with Gasteiger partial charge < -0.3 is 15.0 Å². The van der Waals surface area contributed by atoms with Crippen LogP contribution in [0.25, 0.3) is 0 Å². The molecule has 0 bridgehead atoms. The Morgan fingerprint density at radius 1 is 1.28 bits per heavy atom. The summed E-state index contributed by atoms with van der Waals surface area (Å²) in [6.07, 6.45) is 0.183. The fourth-order valence-electron chi connectivity index (χ4n) is 2.94. The van der Waals surface area contributed by atoms with E-state index in [1.807, 2.05) is 31.2 Å². The van der Waals surface area contributed by atoms with Gasteiger partial charge in [0.05, 0.1) is 18.7 Å². The zero-order chi connectivity index (χ0) is 18.0. The fraction of sp³-hybridized carbons (Fsp3) is 0.263. The van der Waals surface area contributed by atoms with Gasteiger partial charge in [-0.1, -0.05) is 23.7 Å². The summed E-state index contributed by atoms with van der Waals surface area (Å²) in [6, 6.07) is 12.7. The second-order valence-corrected chi connectivity index (χ2v) is 6.51. The van der Waals surface area contributed by atoms with E-state index < -0.39 is 5.92 Å². The zero-order valence-electron chi connectivity index (χ0n) is 14.1. The fourth-order valence-corrected chi connectivity index (χ4v) is 3.11. The van der Waals surface area contributed by atoms with Crippen molar-refractivity contribution in [3.63, 3.8) is 0 Å². The molecule has 1 saturated heterocycles. The summed E-state index contributed by atoms with van der Waals surface area (Å²) >= 11 is 5.99. The first-order valence-electron chi connectivity index (χ1n) is 7.99. The monoisotopic (exact) mass is 358 g/mol. The Morgan fingerprint density at radius 2 is 2.08 bits per heavy atom. The molecule has 130 valence electrons. The number of ether oxygens (including phenoxy) is 1. The lowest BCUT2D eigenvalue weighted by Crippen LogP contribution is -2.28. The highest BCUT2D eigenvalue weighted by Gasteiger charge is 2.35. The minimum Gasteiger partial charge on any atom is -0.495 e. The van der Waals surface area contributed by atoms with Crippen LogP contribution in [0.5, 0.6) is 5.75 Å². The Balaban J connectivity index is 1.74.